The van der Waals surface area contributed by atoms with E-state index in [4.69, 9.17) is 0 Å². The summed E-state index contributed by atoms with van der Waals surface area (Å²) in [5.41, 5.74) is 8.19. The third kappa shape index (κ3) is 5.44. The summed E-state index contributed by atoms with van der Waals surface area (Å²) >= 11 is 7.40. The van der Waals surface area contributed by atoms with Gasteiger partial charge in [-0.2, -0.15) is 4.58 Å². The zero-order valence-corrected chi connectivity index (χ0v) is 27.8. The van der Waals surface area contributed by atoms with Gasteiger partial charge in [0.2, 0.25) is 5.69 Å². The summed E-state index contributed by atoms with van der Waals surface area (Å²) in [7, 11) is 0. The van der Waals surface area contributed by atoms with E-state index in [1.807, 2.05) is 0 Å². The van der Waals surface area contributed by atoms with Gasteiger partial charge < -0.3 is 28.9 Å². The maximum atomic E-state index is 3.70. The summed E-state index contributed by atoms with van der Waals surface area (Å²) in [4.78, 5) is 2.54. The minimum Gasteiger partial charge on any atom is -1.00 e. The molecular weight excluding hydrogens is 687 g/mol. The van der Waals surface area contributed by atoms with Crippen molar-refractivity contribution < 1.29 is 28.6 Å². The van der Waals surface area contributed by atoms with Gasteiger partial charge in [0.05, 0.1) is 5.41 Å². The lowest BCUT2D eigenvalue weighted by molar-refractivity contribution is -0.438. The van der Waals surface area contributed by atoms with Crippen LogP contribution >= 0.6 is 31.9 Å². The quantitative estimate of drug-likeness (QED) is 0.225. The molecule has 0 amide bonds. The summed E-state index contributed by atoms with van der Waals surface area (Å²) in [5.74, 6) is 0. The van der Waals surface area contributed by atoms with Crippen LogP contribution in [-0.2, 0) is 10.8 Å². The third-order valence-corrected chi connectivity index (χ3v) is 8.67. The first kappa shape index (κ1) is 29.6. The van der Waals surface area contributed by atoms with E-state index in [-0.39, 0.29) is 34.8 Å². The molecule has 2 heterocycles. The van der Waals surface area contributed by atoms with E-state index < -0.39 is 0 Å². The van der Waals surface area contributed by atoms with E-state index >= 15 is 0 Å². The molecule has 0 saturated carbocycles. The Bertz CT molecular complexity index is 1210. The summed E-state index contributed by atoms with van der Waals surface area (Å²) in [6.45, 7) is 16.1. The first-order valence-electron chi connectivity index (χ1n) is 13.0. The Labute approximate surface area is 252 Å². The third-order valence-electron chi connectivity index (χ3n) is 7.69. The Kier molecular flexibility index (Phi) is 9.76. The van der Waals surface area contributed by atoms with Gasteiger partial charge in [0.15, 0.2) is 5.71 Å². The lowest BCUT2D eigenvalue weighted by atomic mass is 9.81. The van der Waals surface area contributed by atoms with E-state index in [2.05, 4.69) is 138 Å². The number of anilines is 1. The molecule has 0 aromatic heterocycles. The van der Waals surface area contributed by atoms with Crippen molar-refractivity contribution >= 4 is 48.9 Å². The average molecular weight is 726 g/mol. The number of unbranched alkanes of at least 4 members (excludes halogenated alkanes) is 2. The normalized spacial score (nSPS) is 18.7. The van der Waals surface area contributed by atoms with Gasteiger partial charge in [0.1, 0.15) is 6.54 Å². The van der Waals surface area contributed by atoms with Crippen LogP contribution in [0.15, 0.2) is 69.3 Å². The second kappa shape index (κ2) is 11.9. The number of rotatable bonds is 8. The number of allylic oxidation sites excluding steroid dienone is 4. The van der Waals surface area contributed by atoms with E-state index in [1.165, 1.54) is 59.6 Å². The van der Waals surface area contributed by atoms with Crippen LogP contribution in [0.5, 0.6) is 0 Å². The molecule has 0 fully saturated rings. The fourth-order valence-electron chi connectivity index (χ4n) is 5.64. The number of fused-ring (bicyclic) bond motifs is 2. The average Bonchev–Trinajstić information content (AvgIpc) is 3.15. The Balaban J connectivity index is 0.00000361. The maximum absolute atomic E-state index is 3.70. The molecule has 2 aliphatic heterocycles. The summed E-state index contributed by atoms with van der Waals surface area (Å²) in [5, 5.41) is 0. The van der Waals surface area contributed by atoms with Crippen molar-refractivity contribution in [1.82, 2.24) is 0 Å². The zero-order valence-electron chi connectivity index (χ0n) is 22.5. The SMILES string of the molecule is CCCCN1/C(=C/C=C/C2=[N+](CCCC)c3ccc(Br)cc3C2(C)C)C(C)(C)c2cc(Br)ccc21.[I-]. The van der Waals surface area contributed by atoms with Crippen LogP contribution in [-0.4, -0.2) is 23.4 Å². The molecule has 0 saturated heterocycles. The first-order chi connectivity index (χ1) is 16.6. The van der Waals surface area contributed by atoms with Crippen LogP contribution in [0.3, 0.4) is 0 Å². The summed E-state index contributed by atoms with van der Waals surface area (Å²) in [6, 6.07) is 13.5. The van der Waals surface area contributed by atoms with Crippen molar-refractivity contribution in [3.05, 3.63) is 80.4 Å². The van der Waals surface area contributed by atoms with Crippen molar-refractivity contribution in [3.63, 3.8) is 0 Å². The highest BCUT2D eigenvalue weighted by Crippen LogP contribution is 2.49. The van der Waals surface area contributed by atoms with E-state index in [0.29, 0.717) is 0 Å². The smallest absolute Gasteiger partial charge is 0.209 e. The summed E-state index contributed by atoms with van der Waals surface area (Å²) < 4.78 is 4.84. The molecule has 2 aromatic carbocycles. The van der Waals surface area contributed by atoms with Gasteiger partial charge in [-0.05, 0) is 62.2 Å². The monoisotopic (exact) mass is 724 g/mol. The van der Waals surface area contributed by atoms with Crippen LogP contribution in [0, 0.1) is 0 Å². The molecule has 0 unspecified atom stereocenters. The molecule has 0 N–H and O–H groups in total. The molecule has 2 aliphatic rings. The number of hydrogen-bond acceptors (Lipinski definition) is 1. The minimum absolute atomic E-state index is 0. The highest BCUT2D eigenvalue weighted by Gasteiger charge is 2.44. The maximum Gasteiger partial charge on any atom is 0.209 e. The van der Waals surface area contributed by atoms with E-state index in [9.17, 15) is 0 Å². The number of nitrogens with zero attached hydrogens (tertiary/aromatic N) is 2. The molecular formula is C31H39Br2IN2. The lowest BCUT2D eigenvalue weighted by Gasteiger charge is -2.27. The van der Waals surface area contributed by atoms with E-state index in [1.54, 1.807) is 0 Å². The van der Waals surface area contributed by atoms with Gasteiger partial charge in [-0.3, -0.25) is 0 Å². The van der Waals surface area contributed by atoms with Crippen LogP contribution in [0.25, 0.3) is 0 Å². The highest BCUT2D eigenvalue weighted by atomic mass is 127. The molecule has 2 aromatic rings. The van der Waals surface area contributed by atoms with Crippen molar-refractivity contribution in [2.45, 2.75) is 78.1 Å². The highest BCUT2D eigenvalue weighted by molar-refractivity contribution is 9.10. The molecule has 0 atom stereocenters. The molecule has 0 radical (unpaired) electrons. The van der Waals surface area contributed by atoms with Gasteiger partial charge >= 0.3 is 0 Å². The van der Waals surface area contributed by atoms with Gasteiger partial charge in [-0.15, -0.1) is 0 Å². The van der Waals surface area contributed by atoms with Gasteiger partial charge in [0.25, 0.3) is 0 Å². The van der Waals surface area contributed by atoms with Crippen molar-refractivity contribution in [2.24, 2.45) is 0 Å². The lowest BCUT2D eigenvalue weighted by Crippen LogP contribution is -3.00. The fourth-order valence-corrected chi connectivity index (χ4v) is 6.36. The van der Waals surface area contributed by atoms with Crippen molar-refractivity contribution in [2.75, 3.05) is 18.0 Å². The largest absolute Gasteiger partial charge is 1.00 e. The summed E-state index contributed by atoms with van der Waals surface area (Å²) in [6.07, 6.45) is 11.8. The van der Waals surface area contributed by atoms with Crippen LogP contribution in [0.4, 0.5) is 11.4 Å². The molecule has 36 heavy (non-hydrogen) atoms. The molecule has 0 spiro atoms. The predicted molar refractivity (Wildman–Crippen MR) is 159 cm³/mol. The molecule has 194 valence electrons. The van der Waals surface area contributed by atoms with Crippen LogP contribution < -0.4 is 28.9 Å². The Morgan fingerprint density at radius 1 is 0.861 bits per heavy atom. The number of halogens is 3. The van der Waals surface area contributed by atoms with Gasteiger partial charge in [0, 0.05) is 56.4 Å². The Hall–Kier alpha value is -0.920. The van der Waals surface area contributed by atoms with Crippen LogP contribution in [0.2, 0.25) is 0 Å². The molecule has 2 nitrogen and oxygen atoms in total. The minimum atomic E-state index is -0.0389. The molecule has 5 heteroatoms. The number of benzene rings is 2. The van der Waals surface area contributed by atoms with E-state index in [0.717, 1.165) is 22.0 Å². The first-order valence-corrected chi connectivity index (χ1v) is 14.6. The molecule has 4 rings (SSSR count). The van der Waals surface area contributed by atoms with Crippen LogP contribution in [0.1, 0.15) is 78.4 Å². The topological polar surface area (TPSA) is 6.25 Å². The second-order valence-electron chi connectivity index (χ2n) is 10.9. The van der Waals surface area contributed by atoms with Crippen molar-refractivity contribution in [3.8, 4) is 0 Å². The van der Waals surface area contributed by atoms with Gasteiger partial charge in [-0.25, -0.2) is 0 Å². The Morgan fingerprint density at radius 2 is 1.50 bits per heavy atom. The van der Waals surface area contributed by atoms with Gasteiger partial charge in [-0.1, -0.05) is 78.5 Å². The van der Waals surface area contributed by atoms with Crippen molar-refractivity contribution in [1.29, 1.82) is 0 Å². The fraction of sp³-hybridized carbons (Fsp3) is 0.452. The molecule has 0 aliphatic carbocycles. The zero-order chi connectivity index (χ0) is 25.4. The second-order valence-corrected chi connectivity index (χ2v) is 12.7. The standard InChI is InChI=1S/C31H39Br2N2.HI/c1-7-9-18-34-26-16-14-22(32)20-24(26)30(3,4)28(34)12-11-13-29-31(5,6)25-21-23(33)15-17-27(25)35(29)19-10-8-2;/h11-17,20-21H,7-10,18-19H2,1-6H3;1H/q+1;/p-1. The predicted octanol–water partition coefficient (Wildman–Crippen LogP) is 6.43. The molecule has 0 bridgehead atoms. The number of hydrogen-bond donors (Lipinski definition) is 0. The Morgan fingerprint density at radius 3 is 2.17 bits per heavy atom.